The average Bonchev–Trinajstić information content (AvgIpc) is 1.56. The van der Waals surface area contributed by atoms with Gasteiger partial charge >= 0.3 is 0 Å². The summed E-state index contributed by atoms with van der Waals surface area (Å²) in [7, 11) is -8.91. The van der Waals surface area contributed by atoms with Crippen molar-refractivity contribution < 1.29 is 82.0 Å². The number of sulfonamides is 2. The smallest absolute Gasteiger partial charge is 0.297 e. The van der Waals surface area contributed by atoms with E-state index in [9.17, 15) is 68.4 Å². The van der Waals surface area contributed by atoms with Crippen LogP contribution in [0.25, 0.3) is 21.8 Å². The summed E-state index contributed by atoms with van der Waals surface area (Å²) in [4.78, 5) is 135. The summed E-state index contributed by atoms with van der Waals surface area (Å²) in [5.74, 6) is -3.86. The van der Waals surface area contributed by atoms with Gasteiger partial charge in [0.25, 0.3) is 21.9 Å². The number of pyridine rings is 2. The van der Waals surface area contributed by atoms with Crippen molar-refractivity contribution in [2.24, 2.45) is 36.8 Å². The molecule has 3 aromatic carbocycles. The van der Waals surface area contributed by atoms with Gasteiger partial charge in [-0.15, -0.1) is 0 Å². The molecule has 0 spiro atoms. The molecule has 8 aliphatic rings. The van der Waals surface area contributed by atoms with Crippen LogP contribution in [-0.4, -0.2) is 203 Å². The molecule has 4 aromatic heterocycles. The van der Waals surface area contributed by atoms with Crippen molar-refractivity contribution in [2.75, 3.05) is 13.1 Å². The van der Waals surface area contributed by atoms with Crippen LogP contribution in [0.4, 0.5) is 0 Å². The minimum Gasteiger partial charge on any atom is -0.488 e. The second-order valence-corrected chi connectivity index (χ2v) is 43.7. The molecule has 4 aliphatic heterocycles. The molecule has 31 nitrogen and oxygen atoms in total. The fourth-order valence-corrected chi connectivity index (χ4v) is 21.4. The summed E-state index contributed by atoms with van der Waals surface area (Å²) in [6.07, 6.45) is 16.9. The number of ether oxygens (including phenoxy) is 3. The molecule has 0 unspecified atom stereocenters. The monoisotopic (exact) mass is 2040 g/mol. The number of aromatic nitrogens is 6. The Morgan fingerprint density at radius 1 is 0.579 bits per heavy atom. The molecule has 5 N–H and O–H groups in total. The number of Topliss-reactive ketones (excluding diaryl/α,β-unsaturated/α-hetero) is 2. The van der Waals surface area contributed by atoms with E-state index < -0.39 is 134 Å². The minimum atomic E-state index is -4.31. The second-order valence-electron chi connectivity index (χ2n) is 35.3. The topological polar surface area (TPSA) is 412 Å². The Morgan fingerprint density at radius 3 is 1.52 bits per heavy atom. The van der Waals surface area contributed by atoms with E-state index in [-0.39, 0.29) is 117 Å². The van der Waals surface area contributed by atoms with E-state index in [1.807, 2.05) is 90.1 Å². The van der Waals surface area contributed by atoms with Gasteiger partial charge in [-0.2, -0.15) is 18.6 Å². The summed E-state index contributed by atoms with van der Waals surface area (Å²) in [6.45, 7) is 14.5. The number of ketones is 2. The molecule has 38 heteroatoms. The number of carbonyl (C=O) groups is 8. The van der Waals surface area contributed by atoms with Crippen molar-refractivity contribution >= 4 is 167 Å². The summed E-state index contributed by atoms with van der Waals surface area (Å²) < 4.78 is 111. The third-order valence-corrected chi connectivity index (χ3v) is 33.0. The molecule has 6 fully saturated rings. The second kappa shape index (κ2) is 39.1. The number of aromatic amines is 1. The summed E-state index contributed by atoms with van der Waals surface area (Å²) >= 11 is 10.4. The van der Waals surface area contributed by atoms with E-state index in [2.05, 4.69) is 83.0 Å². The van der Waals surface area contributed by atoms with Gasteiger partial charge in [0.2, 0.25) is 49.6 Å². The van der Waals surface area contributed by atoms with Crippen molar-refractivity contribution in [2.45, 2.75) is 247 Å². The van der Waals surface area contributed by atoms with Crippen LogP contribution < -0.4 is 39.7 Å². The van der Waals surface area contributed by atoms with Gasteiger partial charge in [0, 0.05) is 115 Å². The van der Waals surface area contributed by atoms with Crippen LogP contribution in [0, 0.1) is 36.5 Å². The van der Waals surface area contributed by atoms with Crippen molar-refractivity contribution in [3.8, 4) is 17.5 Å². The maximum Gasteiger partial charge on any atom is 0.297 e. The number of aryl methyl sites for hydroxylation is 4. The first kappa shape index (κ1) is 96.7. The quantitative estimate of drug-likeness (QED) is 0.0285. The SMILES string of the molecule is Cc1ccc2c(=O)cc(OC(C)C)[nH]c2c1Br.Cc1ccc2c(O[C@@H]3C[C@H]4C(=O)C[C@]5(C(=O)NS(=O)(=O)C6(C)CC6)C[C@H]5/C=C\CCCCC[C@H](NC(=O)c5ccn(C)n5)C(=O)N4C3)cc(OC(C)C)nc2c1Br.Cn1ccc(C(=O)N[C@H]2CCCCC/C=C\[C@@H]3C[C@@]3(C(=O)NS(=O)(=O)C3(C)CC3)CC(=O)[C@@H]3C[C@H](OS(=O)(=O)c4ccc(Br)cc4)CN3C2=O)n1.[Ga]. The zero-order valence-electron chi connectivity index (χ0n) is 72.0. The number of allylic oxidation sites excluding steroid dienone is 4. The van der Waals surface area contributed by atoms with E-state index in [1.165, 1.54) is 43.4 Å². The number of halogens is 3. The number of nitrogens with zero attached hydrogens (tertiary/aromatic N) is 7. The van der Waals surface area contributed by atoms with Gasteiger partial charge in [0.15, 0.2) is 22.9 Å². The van der Waals surface area contributed by atoms with Gasteiger partial charge < -0.3 is 39.6 Å². The van der Waals surface area contributed by atoms with Gasteiger partial charge in [-0.25, -0.2) is 21.8 Å². The zero-order chi connectivity index (χ0) is 90.2. The molecule has 10 atom stereocenters. The first-order valence-electron chi connectivity index (χ1n) is 42.4. The summed E-state index contributed by atoms with van der Waals surface area (Å²) in [6, 6.07) is 15.5. The molecule has 4 saturated carbocycles. The van der Waals surface area contributed by atoms with E-state index in [1.54, 1.807) is 64.6 Å². The van der Waals surface area contributed by atoms with Crippen LogP contribution in [0.2, 0.25) is 0 Å². The zero-order valence-corrected chi connectivity index (χ0v) is 81.7. The van der Waals surface area contributed by atoms with Gasteiger partial charge in [0.05, 0.1) is 73.2 Å². The molecule has 6 amide bonds. The molecular weight excluding hydrogens is 1930 g/mol. The van der Waals surface area contributed by atoms with Crippen LogP contribution in [0.5, 0.6) is 17.5 Å². The van der Waals surface area contributed by atoms with Crippen molar-refractivity contribution in [3.63, 3.8) is 0 Å². The number of hydrogen-bond donors (Lipinski definition) is 5. The molecule has 3 radical (unpaired) electrons. The Labute approximate surface area is 771 Å². The third kappa shape index (κ3) is 22.0. The number of H-pyrrole nitrogens is 1. The number of amides is 6. The van der Waals surface area contributed by atoms with Gasteiger partial charge in [-0.3, -0.25) is 66.1 Å². The maximum atomic E-state index is 14.7. The molecule has 0 bridgehead atoms. The van der Waals surface area contributed by atoms with Crippen molar-refractivity contribution in [3.05, 3.63) is 156 Å². The largest absolute Gasteiger partial charge is 0.488 e. The standard InChI is InChI=1S/C41H51BrN6O8S.C34H42BrN5O9S2.C13H14BrNO2.Ga/c1-24(2)55-34-20-33(28-14-13-25(3)35(42)36(28)44-34)56-27-19-31-32(49)22-41(39(52)46-57(53,54)40(4)16-17-40)21-26(41)11-9-7-6-8-10-12-30(38(51)48(31)23-27)43-37(50)29-15-18-47(5)45-29;1-33(15-16-33)51(47,48)38-32(44)34-19-22(34)8-6-4-3-5-7-9-27(36-30(42)26-14-17-39(2)37-26)31(43)40-21-24(18-28(40)29(41)20-34)49-50(45,46)25-12-10-23(35)11-13-25;1-7(2)17-11-6-10(16)9-5-4-8(3)12(14)13(9)15-11;/h9,11,13-15,18,20,24,26-27,30-31H,6-8,10,12,16-17,19,21-23H2,1-5H3,(H,43,50)(H,46,52);6,8,10-14,17,22,24,27-28H,3-5,7,9,15-16,18-21H2,1-2H3,(H,36,42)(H,38,44);4-7H,1-3H3,(H,15,16);/b11-9-;8-6-;;/t26-,27-,30+,31+,41-;22-,24+,27+,28+,34-;;/m11../s1. The summed E-state index contributed by atoms with van der Waals surface area (Å²) in [5, 5.41) is 15.4. The van der Waals surface area contributed by atoms with Crippen LogP contribution in [-0.2, 0) is 77.2 Å². The molecule has 8 heterocycles. The van der Waals surface area contributed by atoms with Crippen molar-refractivity contribution in [1.82, 2.24) is 59.4 Å². The Bertz CT molecular complexity index is 5860. The van der Waals surface area contributed by atoms with Crippen LogP contribution in [0.15, 0.2) is 133 Å². The van der Waals surface area contributed by atoms with Crippen molar-refractivity contribution in [1.29, 1.82) is 0 Å². The fourth-order valence-electron chi connectivity index (χ4n) is 16.5. The number of carbonyl (C=O) groups excluding carboxylic acids is 8. The average molecular weight is 2040 g/mol. The van der Waals surface area contributed by atoms with E-state index in [0.29, 0.717) is 96.1 Å². The number of benzene rings is 3. The van der Waals surface area contributed by atoms with Gasteiger partial charge in [0.1, 0.15) is 35.3 Å². The van der Waals surface area contributed by atoms with E-state index >= 15 is 0 Å². The minimum absolute atomic E-state index is 0. The molecule has 7 aromatic rings. The number of fused-ring (bicyclic) bond motifs is 6. The Kier molecular flexibility index (Phi) is 30.0. The molecule has 2 saturated heterocycles. The predicted octanol–water partition coefficient (Wildman–Crippen LogP) is 11.6. The number of nitrogens with one attached hydrogen (secondary N) is 5. The molecule has 15 rings (SSSR count). The van der Waals surface area contributed by atoms with E-state index in [4.69, 9.17) is 23.4 Å². The fraction of sp³-hybridized carbons (Fsp3) is 0.523. The van der Waals surface area contributed by atoms with Crippen LogP contribution >= 0.6 is 47.8 Å². The maximum absolute atomic E-state index is 14.7. The Morgan fingerprint density at radius 2 is 1.05 bits per heavy atom. The Hall–Kier alpha value is -8.37. The first-order valence-corrected chi connectivity index (χ1v) is 49.1. The predicted molar refractivity (Wildman–Crippen MR) is 482 cm³/mol. The van der Waals surface area contributed by atoms with Crippen LogP contribution in [0.1, 0.15) is 202 Å². The normalized spacial score (nSPS) is 25.3. The van der Waals surface area contributed by atoms with E-state index in [0.717, 1.165) is 57.7 Å². The number of rotatable bonds is 19. The number of hydrogen-bond acceptors (Lipinski definition) is 22. The third-order valence-electron chi connectivity index (χ3n) is 24.7. The molecule has 675 valence electrons. The van der Waals surface area contributed by atoms with Gasteiger partial charge in [-0.1, -0.05) is 78.1 Å². The molecule has 4 aliphatic carbocycles. The Balaban J connectivity index is 0.000000192. The summed E-state index contributed by atoms with van der Waals surface area (Å²) in [5.41, 5.74) is 1.07. The molecular formula is C88H107Br3GaN12O19S3. The first-order chi connectivity index (χ1) is 59.0. The molecule has 126 heavy (non-hydrogen) atoms. The van der Waals surface area contributed by atoms with Gasteiger partial charge in [-0.05, 0) is 236 Å². The van der Waals surface area contributed by atoms with Crippen LogP contribution in [0.3, 0.4) is 0 Å².